The van der Waals surface area contributed by atoms with E-state index < -0.39 is 33.7 Å². The summed E-state index contributed by atoms with van der Waals surface area (Å²) in [6.07, 6.45) is 19.7. The summed E-state index contributed by atoms with van der Waals surface area (Å²) in [5, 5.41) is 13.9. The summed E-state index contributed by atoms with van der Waals surface area (Å²) in [4.78, 5) is 20.0. The number of hydrogen-bond acceptors (Lipinski definition) is 5. The largest absolute Gasteiger partial charge is 1.00 e. The van der Waals surface area contributed by atoms with Crippen molar-refractivity contribution < 1.29 is 88.9 Å². The molecule has 0 amide bonds. The van der Waals surface area contributed by atoms with E-state index in [4.69, 9.17) is 19.5 Å². The number of aliphatic carboxylic acids is 2. The quantitative estimate of drug-likeness (QED) is 0.0858. The predicted octanol–water partition coefficient (Wildman–Crippen LogP) is 3.95. The van der Waals surface area contributed by atoms with E-state index in [1.807, 2.05) is 30.3 Å². The van der Waals surface area contributed by atoms with Crippen molar-refractivity contribution in [1.82, 2.24) is 0 Å². The second kappa shape index (κ2) is 25.5. The Morgan fingerprint density at radius 3 is 1.58 bits per heavy atom. The normalized spacial score (nSPS) is 12.4. The number of ether oxygens (including phenoxy) is 1. The Hall–Kier alpha value is -0.494. The average molecular weight is 583 g/mol. The van der Waals surface area contributed by atoms with Gasteiger partial charge >= 0.3 is 63.3 Å². The molecular formula is C28H47KO8S. The minimum Gasteiger partial charge on any atom is -0.522 e. The fraction of sp³-hybridized carbons (Fsp3) is 0.679. The molecule has 1 aromatic carbocycles. The van der Waals surface area contributed by atoms with Crippen LogP contribution in [0.4, 0.5) is 0 Å². The van der Waals surface area contributed by atoms with Gasteiger partial charge in [0.15, 0.2) is 5.25 Å². The second-order valence-electron chi connectivity index (χ2n) is 9.38. The van der Waals surface area contributed by atoms with E-state index in [9.17, 15) is 18.0 Å². The van der Waals surface area contributed by atoms with Crippen molar-refractivity contribution in [1.29, 1.82) is 0 Å². The molecule has 1 aromatic rings. The molecular weight excluding hydrogens is 535 g/mol. The maximum atomic E-state index is 10.2. The number of carboxylic acid groups (broad SMARTS) is 2. The number of carboxylic acids is 2. The first-order valence-corrected chi connectivity index (χ1v) is 15.0. The zero-order chi connectivity index (χ0) is 27.9. The van der Waals surface area contributed by atoms with E-state index in [2.05, 4.69) is 13.8 Å². The Balaban J connectivity index is 0. The number of hydrogen-bond donors (Lipinski definition) is 3. The smallest absolute Gasteiger partial charge is 0.522 e. The first-order chi connectivity index (χ1) is 17.6. The van der Waals surface area contributed by atoms with Crippen LogP contribution in [0.3, 0.4) is 0 Å². The molecule has 0 saturated carbocycles. The molecule has 2 unspecified atom stereocenters. The van der Waals surface area contributed by atoms with Gasteiger partial charge in [-0.05, 0) is 24.7 Å². The monoisotopic (exact) mass is 582 g/mol. The van der Waals surface area contributed by atoms with Crippen LogP contribution in [-0.4, -0.2) is 46.5 Å². The molecule has 0 saturated heterocycles. The Morgan fingerprint density at radius 2 is 1.24 bits per heavy atom. The summed E-state index contributed by atoms with van der Waals surface area (Å²) >= 11 is 0. The molecule has 2 atom stereocenters. The SMILES string of the molecule is O=C(O)CC(C(=O)O)S(=O)(=O)O.[CH2-]C(CCCCCCCCCCCCCCCC)Oc1ccccc1.[K+]. The number of carbonyl (C=O) groups is 2. The Morgan fingerprint density at radius 1 is 0.816 bits per heavy atom. The van der Waals surface area contributed by atoms with Crippen LogP contribution in [0.5, 0.6) is 5.75 Å². The minimum atomic E-state index is -4.84. The van der Waals surface area contributed by atoms with Crippen molar-refractivity contribution >= 4 is 22.1 Å². The molecule has 0 heterocycles. The van der Waals surface area contributed by atoms with Crippen LogP contribution in [0.15, 0.2) is 30.3 Å². The van der Waals surface area contributed by atoms with Crippen LogP contribution in [-0.2, 0) is 19.7 Å². The van der Waals surface area contributed by atoms with E-state index >= 15 is 0 Å². The molecule has 0 radical (unpaired) electrons. The topological polar surface area (TPSA) is 138 Å². The number of rotatable bonds is 21. The van der Waals surface area contributed by atoms with Crippen LogP contribution in [0, 0.1) is 6.92 Å². The zero-order valence-electron chi connectivity index (χ0n) is 23.4. The molecule has 0 bridgehead atoms. The third kappa shape index (κ3) is 24.5. The predicted molar refractivity (Wildman–Crippen MR) is 146 cm³/mol. The van der Waals surface area contributed by atoms with Crippen molar-refractivity contribution in [3.05, 3.63) is 37.3 Å². The molecule has 0 aliphatic rings. The van der Waals surface area contributed by atoms with Gasteiger partial charge in [-0.1, -0.05) is 115 Å². The molecule has 3 N–H and O–H groups in total. The van der Waals surface area contributed by atoms with E-state index in [-0.39, 0.29) is 57.5 Å². The summed E-state index contributed by atoms with van der Waals surface area (Å²) in [6, 6.07) is 10.0. The fourth-order valence-electron chi connectivity index (χ4n) is 3.80. The molecule has 38 heavy (non-hydrogen) atoms. The molecule has 10 heteroatoms. The fourth-order valence-corrected chi connectivity index (χ4v) is 4.40. The van der Waals surface area contributed by atoms with Gasteiger partial charge in [-0.15, -0.1) is 0 Å². The molecule has 0 spiro atoms. The van der Waals surface area contributed by atoms with Gasteiger partial charge in [0, 0.05) is 0 Å². The second-order valence-corrected chi connectivity index (χ2v) is 11.0. The van der Waals surface area contributed by atoms with Gasteiger partial charge in [0.05, 0.1) is 6.42 Å². The van der Waals surface area contributed by atoms with Gasteiger partial charge in [0.25, 0.3) is 10.1 Å². The van der Waals surface area contributed by atoms with Crippen molar-refractivity contribution in [3.8, 4) is 5.75 Å². The van der Waals surface area contributed by atoms with E-state index in [0.717, 1.165) is 12.2 Å². The first-order valence-electron chi connectivity index (χ1n) is 13.5. The van der Waals surface area contributed by atoms with E-state index in [0.29, 0.717) is 0 Å². The van der Waals surface area contributed by atoms with E-state index in [1.54, 1.807) is 0 Å². The molecule has 214 valence electrons. The summed E-state index contributed by atoms with van der Waals surface area (Å²) in [7, 11) is -4.84. The minimum absolute atomic E-state index is 0. The summed E-state index contributed by atoms with van der Waals surface area (Å²) in [6.45, 7) is 6.40. The molecule has 8 nitrogen and oxygen atoms in total. The van der Waals surface area contributed by atoms with Crippen molar-refractivity contribution in [2.45, 2.75) is 121 Å². The number of para-hydroxylation sites is 1. The van der Waals surface area contributed by atoms with Crippen molar-refractivity contribution in [2.75, 3.05) is 0 Å². The van der Waals surface area contributed by atoms with Crippen molar-refractivity contribution in [2.24, 2.45) is 0 Å². The number of unbranched alkanes of at least 4 members (excludes halogenated alkanes) is 13. The van der Waals surface area contributed by atoms with Crippen molar-refractivity contribution in [3.63, 3.8) is 0 Å². The Bertz CT molecular complexity index is 817. The van der Waals surface area contributed by atoms with Crippen LogP contribution in [0.1, 0.15) is 110 Å². The summed E-state index contributed by atoms with van der Waals surface area (Å²) in [5.74, 6) is -2.56. The third-order valence-corrected chi connectivity index (χ3v) is 7.01. The molecule has 0 aromatic heterocycles. The van der Waals surface area contributed by atoms with Gasteiger partial charge < -0.3 is 21.9 Å². The molecule has 1 rings (SSSR count). The molecule has 0 fully saturated rings. The summed E-state index contributed by atoms with van der Waals surface area (Å²) in [5.41, 5.74) is 0. The van der Waals surface area contributed by atoms with Gasteiger partial charge in [0.2, 0.25) is 0 Å². The molecule has 0 aliphatic carbocycles. The van der Waals surface area contributed by atoms with Crippen LogP contribution < -0.4 is 56.1 Å². The maximum Gasteiger partial charge on any atom is 1.00 e. The summed E-state index contributed by atoms with van der Waals surface area (Å²) < 4.78 is 34.5. The van der Waals surface area contributed by atoms with Crippen LogP contribution in [0.2, 0.25) is 0 Å². The maximum absolute atomic E-state index is 10.2. The van der Waals surface area contributed by atoms with Gasteiger partial charge in [-0.2, -0.15) is 8.42 Å². The first kappa shape index (κ1) is 39.6. The van der Waals surface area contributed by atoms with Gasteiger partial charge in [0.1, 0.15) is 5.75 Å². The Kier molecular flexibility index (Phi) is 26.6. The molecule has 0 aliphatic heterocycles. The van der Waals surface area contributed by atoms with Gasteiger partial charge in [-0.3, -0.25) is 14.1 Å². The van der Waals surface area contributed by atoms with Crippen LogP contribution >= 0.6 is 0 Å². The number of benzene rings is 1. The Labute approximate surface area is 272 Å². The van der Waals surface area contributed by atoms with Crippen LogP contribution in [0.25, 0.3) is 0 Å². The third-order valence-electron chi connectivity index (χ3n) is 5.92. The standard InChI is InChI=1S/C24H41O.C4H6O7S.K/c1-3-4-5-6-7-8-9-10-11-12-13-14-15-17-20-23(2)25-24-21-18-16-19-22-24;5-3(6)1-2(4(7)8)12(9,10)11;/h16,18-19,21-23H,2-15,17,20H2,1H3;2H,1H2,(H,5,6)(H,7,8)(H,9,10,11);/q-1;;+1. The average Bonchev–Trinajstić information content (AvgIpc) is 2.83. The zero-order valence-corrected chi connectivity index (χ0v) is 27.3. The van der Waals surface area contributed by atoms with Gasteiger partial charge in [-0.25, -0.2) is 0 Å². The van der Waals surface area contributed by atoms with E-state index in [1.165, 1.54) is 89.9 Å².